The summed E-state index contributed by atoms with van der Waals surface area (Å²) in [5, 5.41) is 0.700. The van der Waals surface area contributed by atoms with Crippen molar-refractivity contribution in [1.29, 1.82) is 0 Å². The topological polar surface area (TPSA) is 9.23 Å². The first-order chi connectivity index (χ1) is 7.31. The van der Waals surface area contributed by atoms with Crippen LogP contribution < -0.4 is 4.74 Å². The minimum absolute atomic E-state index is 0.700. The van der Waals surface area contributed by atoms with Gasteiger partial charge in [-0.25, -0.2) is 0 Å². The van der Waals surface area contributed by atoms with Gasteiger partial charge in [-0.2, -0.15) is 0 Å². The van der Waals surface area contributed by atoms with Gasteiger partial charge in [-0.1, -0.05) is 35.9 Å². The van der Waals surface area contributed by atoms with Crippen molar-refractivity contribution in [3.05, 3.63) is 53.6 Å². The first-order valence-electron chi connectivity index (χ1n) is 4.62. The molecular formula is C13H10ClO. The minimum Gasteiger partial charge on any atom is -0.497 e. The van der Waals surface area contributed by atoms with Gasteiger partial charge in [0.2, 0.25) is 0 Å². The largest absolute Gasteiger partial charge is 0.497 e. The summed E-state index contributed by atoms with van der Waals surface area (Å²) in [5.41, 5.74) is 1.91. The van der Waals surface area contributed by atoms with E-state index in [4.69, 9.17) is 16.3 Å². The van der Waals surface area contributed by atoms with Gasteiger partial charge in [0.15, 0.2) is 0 Å². The van der Waals surface area contributed by atoms with E-state index >= 15 is 0 Å². The Hall–Kier alpha value is -1.47. The Balaban J connectivity index is 2.49. The van der Waals surface area contributed by atoms with Gasteiger partial charge in [-0.3, -0.25) is 0 Å². The summed E-state index contributed by atoms with van der Waals surface area (Å²) in [6.07, 6.45) is 0. The summed E-state index contributed by atoms with van der Waals surface area (Å²) in [6, 6.07) is 16.5. The molecule has 0 amide bonds. The molecule has 0 bridgehead atoms. The van der Waals surface area contributed by atoms with Crippen LogP contribution in [0.15, 0.2) is 42.5 Å². The lowest BCUT2D eigenvalue weighted by Gasteiger charge is -2.05. The second-order valence-electron chi connectivity index (χ2n) is 3.13. The highest BCUT2D eigenvalue weighted by molar-refractivity contribution is 6.33. The van der Waals surface area contributed by atoms with E-state index in [1.807, 2.05) is 42.5 Å². The van der Waals surface area contributed by atoms with E-state index in [0.29, 0.717) is 5.02 Å². The van der Waals surface area contributed by atoms with Crippen molar-refractivity contribution in [3.8, 4) is 16.9 Å². The zero-order valence-corrected chi connectivity index (χ0v) is 9.08. The number of hydrogen-bond donors (Lipinski definition) is 0. The molecule has 15 heavy (non-hydrogen) atoms. The van der Waals surface area contributed by atoms with Crippen LogP contribution in [-0.2, 0) is 0 Å². The Labute approximate surface area is 94.3 Å². The maximum Gasteiger partial charge on any atom is 0.119 e. The molecule has 0 unspecified atom stereocenters. The molecule has 2 aromatic carbocycles. The fourth-order valence-electron chi connectivity index (χ4n) is 1.42. The lowest BCUT2D eigenvalue weighted by molar-refractivity contribution is 0.415. The van der Waals surface area contributed by atoms with Crippen LogP contribution >= 0.6 is 11.6 Å². The molecule has 0 heterocycles. The highest BCUT2D eigenvalue weighted by Crippen LogP contribution is 2.29. The molecule has 0 aliphatic heterocycles. The second kappa shape index (κ2) is 4.37. The van der Waals surface area contributed by atoms with Crippen LogP contribution in [0, 0.1) is 6.07 Å². The van der Waals surface area contributed by atoms with E-state index in [-0.39, 0.29) is 0 Å². The zero-order valence-electron chi connectivity index (χ0n) is 8.33. The van der Waals surface area contributed by atoms with E-state index in [1.165, 1.54) is 0 Å². The van der Waals surface area contributed by atoms with E-state index < -0.39 is 0 Å². The van der Waals surface area contributed by atoms with Crippen molar-refractivity contribution in [2.75, 3.05) is 7.11 Å². The molecule has 1 radical (unpaired) electrons. The van der Waals surface area contributed by atoms with Gasteiger partial charge in [-0.05, 0) is 29.8 Å². The normalized spacial score (nSPS) is 10.0. The van der Waals surface area contributed by atoms with Crippen molar-refractivity contribution in [1.82, 2.24) is 0 Å². The van der Waals surface area contributed by atoms with Gasteiger partial charge in [0.25, 0.3) is 0 Å². The molecule has 2 rings (SSSR count). The molecule has 0 saturated carbocycles. The average molecular weight is 218 g/mol. The third-order valence-corrected chi connectivity index (χ3v) is 2.48. The lowest BCUT2D eigenvalue weighted by atomic mass is 10.1. The Morgan fingerprint density at radius 1 is 1.20 bits per heavy atom. The standard InChI is InChI=1S/C13H10ClO/c1-15-11-6-4-5-10(9-11)12-7-2-3-8-13(12)14/h2-6,8-9H,1H3. The van der Waals surface area contributed by atoms with E-state index in [9.17, 15) is 0 Å². The lowest BCUT2D eigenvalue weighted by Crippen LogP contribution is -1.84. The molecule has 75 valence electrons. The predicted molar refractivity (Wildman–Crippen MR) is 62.3 cm³/mol. The van der Waals surface area contributed by atoms with Crippen LogP contribution in [0.3, 0.4) is 0 Å². The molecule has 2 aromatic rings. The smallest absolute Gasteiger partial charge is 0.119 e. The molecule has 0 atom stereocenters. The summed E-state index contributed by atoms with van der Waals surface area (Å²) in [6.45, 7) is 0. The van der Waals surface area contributed by atoms with Gasteiger partial charge >= 0.3 is 0 Å². The zero-order chi connectivity index (χ0) is 10.7. The molecule has 0 N–H and O–H groups in total. The number of rotatable bonds is 2. The van der Waals surface area contributed by atoms with E-state index in [0.717, 1.165) is 16.9 Å². The van der Waals surface area contributed by atoms with Crippen LogP contribution in [0.2, 0.25) is 5.02 Å². The van der Waals surface area contributed by atoms with E-state index in [1.54, 1.807) is 7.11 Å². The maximum absolute atomic E-state index is 6.08. The summed E-state index contributed by atoms with van der Waals surface area (Å²) < 4.78 is 5.16. The number of halogens is 1. The number of methoxy groups -OCH3 is 1. The fraction of sp³-hybridized carbons (Fsp3) is 0.0769. The van der Waals surface area contributed by atoms with Crippen LogP contribution in [0.1, 0.15) is 0 Å². The molecule has 0 aliphatic rings. The van der Waals surface area contributed by atoms with E-state index in [2.05, 4.69) is 6.07 Å². The highest BCUT2D eigenvalue weighted by atomic mass is 35.5. The Morgan fingerprint density at radius 2 is 2.07 bits per heavy atom. The van der Waals surface area contributed by atoms with Gasteiger partial charge in [0.1, 0.15) is 5.75 Å². The molecule has 0 aromatic heterocycles. The van der Waals surface area contributed by atoms with Crippen LogP contribution in [0.4, 0.5) is 0 Å². The van der Waals surface area contributed by atoms with Crippen molar-refractivity contribution >= 4 is 11.6 Å². The van der Waals surface area contributed by atoms with Crippen molar-refractivity contribution in [2.24, 2.45) is 0 Å². The monoisotopic (exact) mass is 217 g/mol. The Morgan fingerprint density at radius 3 is 2.80 bits per heavy atom. The molecular weight excluding hydrogens is 208 g/mol. The number of hydrogen-bond acceptors (Lipinski definition) is 1. The summed E-state index contributed by atoms with van der Waals surface area (Å²) in [4.78, 5) is 0. The summed E-state index contributed by atoms with van der Waals surface area (Å²) in [5.74, 6) is 0.820. The minimum atomic E-state index is 0.700. The van der Waals surface area contributed by atoms with Crippen LogP contribution in [0.25, 0.3) is 11.1 Å². The first-order valence-corrected chi connectivity index (χ1v) is 4.99. The predicted octanol–water partition coefficient (Wildman–Crippen LogP) is 3.82. The maximum atomic E-state index is 6.08. The first kappa shape index (κ1) is 10.1. The second-order valence-corrected chi connectivity index (χ2v) is 3.53. The quantitative estimate of drug-likeness (QED) is 0.743. The third kappa shape index (κ3) is 2.13. The molecule has 0 saturated heterocycles. The van der Waals surface area contributed by atoms with Gasteiger partial charge in [0.05, 0.1) is 7.11 Å². The summed E-state index contributed by atoms with van der Waals surface area (Å²) >= 11 is 6.08. The third-order valence-electron chi connectivity index (χ3n) is 2.16. The molecule has 0 fully saturated rings. The van der Waals surface area contributed by atoms with Gasteiger partial charge in [-0.15, -0.1) is 0 Å². The molecule has 2 heteroatoms. The van der Waals surface area contributed by atoms with Crippen LogP contribution in [-0.4, -0.2) is 7.11 Å². The van der Waals surface area contributed by atoms with Gasteiger partial charge in [0, 0.05) is 10.6 Å². The fourth-order valence-corrected chi connectivity index (χ4v) is 1.65. The van der Waals surface area contributed by atoms with Crippen molar-refractivity contribution in [2.45, 2.75) is 0 Å². The highest BCUT2D eigenvalue weighted by Gasteiger charge is 2.03. The number of benzene rings is 2. The molecule has 1 nitrogen and oxygen atoms in total. The van der Waals surface area contributed by atoms with Crippen molar-refractivity contribution < 1.29 is 4.74 Å². The Kier molecular flexibility index (Phi) is 2.93. The van der Waals surface area contributed by atoms with Crippen LogP contribution in [0.5, 0.6) is 5.75 Å². The molecule has 0 aliphatic carbocycles. The molecule has 0 spiro atoms. The Bertz CT molecular complexity index is 466. The average Bonchev–Trinajstić information content (AvgIpc) is 2.30. The van der Waals surface area contributed by atoms with Gasteiger partial charge < -0.3 is 4.74 Å². The van der Waals surface area contributed by atoms with Crippen molar-refractivity contribution in [3.63, 3.8) is 0 Å². The summed E-state index contributed by atoms with van der Waals surface area (Å²) in [7, 11) is 1.65. The SMILES string of the molecule is COc1cccc(-c2[c]cccc2Cl)c1. The number of ether oxygens (including phenoxy) is 1.